The van der Waals surface area contributed by atoms with E-state index >= 15 is 0 Å². The molecule has 2 N–H and O–H groups in total. The molecule has 0 aliphatic heterocycles. The van der Waals surface area contributed by atoms with E-state index < -0.39 is 0 Å². The zero-order chi connectivity index (χ0) is 10.2. The topological polar surface area (TPSA) is 41.5 Å². The Morgan fingerprint density at radius 3 is 2.54 bits per heavy atom. The molecular weight excluding hydrogens is 166 g/mol. The first-order valence-corrected chi connectivity index (χ1v) is 5.01. The lowest BCUT2D eigenvalue weighted by Crippen LogP contribution is -2.31. The first kappa shape index (κ1) is 12.9. The summed E-state index contributed by atoms with van der Waals surface area (Å²) < 4.78 is 5.12. The summed E-state index contributed by atoms with van der Waals surface area (Å²) in [6.45, 7) is 9.81. The molecule has 0 bridgehead atoms. The van der Waals surface area contributed by atoms with Gasteiger partial charge in [0.2, 0.25) is 0 Å². The van der Waals surface area contributed by atoms with Crippen LogP contribution in [0.4, 0.5) is 0 Å². The van der Waals surface area contributed by atoms with Crippen molar-refractivity contribution in [3.8, 4) is 0 Å². The molecule has 0 atom stereocenters. The summed E-state index contributed by atoms with van der Waals surface area (Å²) in [5, 5.41) is 11.8. The lowest BCUT2D eigenvalue weighted by Gasteiger charge is -2.22. The summed E-state index contributed by atoms with van der Waals surface area (Å²) in [5.41, 5.74) is 0.372. The Balaban J connectivity index is 3.16. The highest BCUT2D eigenvalue weighted by Crippen LogP contribution is 2.17. The molecule has 0 aliphatic rings. The number of hydrogen-bond donors (Lipinski definition) is 2. The minimum absolute atomic E-state index is 0.112. The van der Waals surface area contributed by atoms with Gasteiger partial charge < -0.3 is 15.2 Å². The van der Waals surface area contributed by atoms with Crippen LogP contribution >= 0.6 is 0 Å². The maximum absolute atomic E-state index is 8.44. The van der Waals surface area contributed by atoms with E-state index in [1.807, 2.05) is 0 Å². The molecule has 0 amide bonds. The van der Waals surface area contributed by atoms with Crippen LogP contribution in [0.25, 0.3) is 0 Å². The molecule has 13 heavy (non-hydrogen) atoms. The van der Waals surface area contributed by atoms with E-state index in [-0.39, 0.29) is 6.61 Å². The molecule has 0 unspecified atom stereocenters. The number of nitrogens with one attached hydrogen (secondary N) is 1. The van der Waals surface area contributed by atoms with E-state index in [0.717, 1.165) is 13.1 Å². The summed E-state index contributed by atoms with van der Waals surface area (Å²) in [4.78, 5) is 0. The van der Waals surface area contributed by atoms with Crippen molar-refractivity contribution in [2.24, 2.45) is 5.41 Å². The molecule has 0 rings (SSSR count). The van der Waals surface area contributed by atoms with Crippen molar-refractivity contribution in [1.82, 2.24) is 5.32 Å². The number of rotatable bonds is 8. The van der Waals surface area contributed by atoms with Gasteiger partial charge >= 0.3 is 0 Å². The van der Waals surface area contributed by atoms with Gasteiger partial charge in [-0.05, 0) is 11.8 Å². The number of aliphatic hydroxyl groups excluding tert-OH is 1. The third-order valence-corrected chi connectivity index (χ3v) is 2.22. The van der Waals surface area contributed by atoms with Crippen molar-refractivity contribution in [3.63, 3.8) is 0 Å². The molecule has 0 fully saturated rings. The minimum atomic E-state index is 0.112. The van der Waals surface area contributed by atoms with Gasteiger partial charge in [0.05, 0.1) is 19.8 Å². The standard InChI is InChI=1S/C10H23NO2/c1-4-10(2,3)9-11-5-7-13-8-6-12/h11-12H,4-9H2,1-3H3. The van der Waals surface area contributed by atoms with Crippen LogP contribution in [0, 0.1) is 5.41 Å². The van der Waals surface area contributed by atoms with Gasteiger partial charge in [-0.15, -0.1) is 0 Å². The molecule has 0 spiro atoms. The fraction of sp³-hybridized carbons (Fsp3) is 1.00. The van der Waals surface area contributed by atoms with Crippen molar-refractivity contribution < 1.29 is 9.84 Å². The first-order valence-electron chi connectivity index (χ1n) is 5.01. The highest BCUT2D eigenvalue weighted by Gasteiger charge is 2.13. The summed E-state index contributed by atoms with van der Waals surface area (Å²) >= 11 is 0. The maximum atomic E-state index is 8.44. The molecule has 0 radical (unpaired) electrons. The lowest BCUT2D eigenvalue weighted by molar-refractivity contribution is 0.0926. The number of aliphatic hydroxyl groups is 1. The van der Waals surface area contributed by atoms with Crippen molar-refractivity contribution >= 4 is 0 Å². The zero-order valence-electron chi connectivity index (χ0n) is 9.10. The van der Waals surface area contributed by atoms with Crippen LogP contribution < -0.4 is 5.32 Å². The Hall–Kier alpha value is -0.120. The predicted molar refractivity (Wildman–Crippen MR) is 54.8 cm³/mol. The number of hydrogen-bond acceptors (Lipinski definition) is 3. The predicted octanol–water partition coefficient (Wildman–Crippen LogP) is 1.02. The van der Waals surface area contributed by atoms with E-state index in [2.05, 4.69) is 26.1 Å². The maximum Gasteiger partial charge on any atom is 0.0698 e. The highest BCUT2D eigenvalue weighted by atomic mass is 16.5. The summed E-state index contributed by atoms with van der Waals surface area (Å²) in [7, 11) is 0. The smallest absolute Gasteiger partial charge is 0.0698 e. The highest BCUT2D eigenvalue weighted by molar-refractivity contribution is 4.68. The largest absolute Gasteiger partial charge is 0.394 e. The van der Waals surface area contributed by atoms with Gasteiger partial charge in [0.25, 0.3) is 0 Å². The van der Waals surface area contributed by atoms with E-state index in [0.29, 0.717) is 18.6 Å². The monoisotopic (exact) mass is 189 g/mol. The van der Waals surface area contributed by atoms with E-state index in [1.165, 1.54) is 6.42 Å². The molecule has 0 heterocycles. The molecule has 0 saturated heterocycles. The van der Waals surface area contributed by atoms with Gasteiger partial charge in [0, 0.05) is 13.1 Å². The molecule has 3 heteroatoms. The Morgan fingerprint density at radius 1 is 1.31 bits per heavy atom. The Labute approximate surface area is 81.5 Å². The van der Waals surface area contributed by atoms with Crippen LogP contribution in [0.15, 0.2) is 0 Å². The Morgan fingerprint density at radius 2 is 2.00 bits per heavy atom. The molecule has 0 aliphatic carbocycles. The minimum Gasteiger partial charge on any atom is -0.394 e. The van der Waals surface area contributed by atoms with Gasteiger partial charge in [0.15, 0.2) is 0 Å². The van der Waals surface area contributed by atoms with Gasteiger partial charge in [-0.1, -0.05) is 20.8 Å². The van der Waals surface area contributed by atoms with E-state index in [9.17, 15) is 0 Å². The molecule has 3 nitrogen and oxygen atoms in total. The van der Waals surface area contributed by atoms with Crippen LogP contribution in [0.2, 0.25) is 0 Å². The van der Waals surface area contributed by atoms with Crippen LogP contribution in [0.3, 0.4) is 0 Å². The van der Waals surface area contributed by atoms with Crippen molar-refractivity contribution in [3.05, 3.63) is 0 Å². The SMILES string of the molecule is CCC(C)(C)CNCCOCCO. The van der Waals surface area contributed by atoms with Gasteiger partial charge in [-0.25, -0.2) is 0 Å². The van der Waals surface area contributed by atoms with E-state index in [1.54, 1.807) is 0 Å². The normalized spacial score (nSPS) is 12.0. The van der Waals surface area contributed by atoms with E-state index in [4.69, 9.17) is 9.84 Å². The third kappa shape index (κ3) is 8.22. The second-order valence-corrected chi connectivity index (χ2v) is 4.03. The average Bonchev–Trinajstić information content (AvgIpc) is 2.11. The average molecular weight is 189 g/mol. The second-order valence-electron chi connectivity index (χ2n) is 4.03. The molecule has 80 valence electrons. The van der Waals surface area contributed by atoms with Gasteiger partial charge in [-0.3, -0.25) is 0 Å². The lowest BCUT2D eigenvalue weighted by atomic mass is 9.90. The fourth-order valence-electron chi connectivity index (χ4n) is 0.863. The van der Waals surface area contributed by atoms with Crippen LogP contribution in [0.5, 0.6) is 0 Å². The summed E-state index contributed by atoms with van der Waals surface area (Å²) in [5.74, 6) is 0. The Bertz CT molecular complexity index is 115. The zero-order valence-corrected chi connectivity index (χ0v) is 9.10. The third-order valence-electron chi connectivity index (χ3n) is 2.22. The molecular formula is C10H23NO2. The Kier molecular flexibility index (Phi) is 7.23. The fourth-order valence-corrected chi connectivity index (χ4v) is 0.863. The second kappa shape index (κ2) is 7.30. The summed E-state index contributed by atoms with van der Waals surface area (Å²) in [6, 6.07) is 0. The number of ether oxygens (including phenoxy) is 1. The molecule has 0 aromatic rings. The molecule has 0 aromatic heterocycles. The summed E-state index contributed by atoms with van der Waals surface area (Å²) in [6.07, 6.45) is 1.18. The van der Waals surface area contributed by atoms with Crippen LogP contribution in [-0.4, -0.2) is 38.0 Å². The van der Waals surface area contributed by atoms with Crippen molar-refractivity contribution in [1.29, 1.82) is 0 Å². The molecule has 0 aromatic carbocycles. The van der Waals surface area contributed by atoms with Crippen molar-refractivity contribution in [2.75, 3.05) is 32.9 Å². The molecule has 0 saturated carbocycles. The van der Waals surface area contributed by atoms with Gasteiger partial charge in [-0.2, -0.15) is 0 Å². The first-order chi connectivity index (χ1) is 6.12. The quantitative estimate of drug-likeness (QED) is 0.560. The van der Waals surface area contributed by atoms with Gasteiger partial charge in [0.1, 0.15) is 0 Å². The van der Waals surface area contributed by atoms with Crippen LogP contribution in [0.1, 0.15) is 27.2 Å². The van der Waals surface area contributed by atoms with Crippen LogP contribution in [-0.2, 0) is 4.74 Å². The van der Waals surface area contributed by atoms with Crippen molar-refractivity contribution in [2.45, 2.75) is 27.2 Å².